The molecule has 1 heterocycles. The fourth-order valence-electron chi connectivity index (χ4n) is 5.20. The number of hydrogen-bond donors (Lipinski definition) is 2. The van der Waals surface area contributed by atoms with Crippen LogP contribution in [0.3, 0.4) is 0 Å². The first-order valence-corrected chi connectivity index (χ1v) is 14.1. The minimum atomic E-state index is -3.67. The van der Waals surface area contributed by atoms with E-state index in [1.54, 1.807) is 38.5 Å². The SMILES string of the molecule is COc1ccc(C2(C(=O)Nc3cccc(-c4ccc(S(=O)(=O)N5CCC[C@@H]5CO)cc4)c3)CC2)cc1OC. The molecule has 0 aromatic heterocycles. The molecule has 1 aliphatic carbocycles. The second kappa shape index (κ2) is 10.4. The van der Waals surface area contributed by atoms with Crippen molar-refractivity contribution in [3.05, 3.63) is 72.3 Å². The maximum Gasteiger partial charge on any atom is 0.243 e. The molecule has 9 heteroatoms. The van der Waals surface area contributed by atoms with Crippen LogP contribution in [0.15, 0.2) is 71.6 Å². The highest BCUT2D eigenvalue weighted by Gasteiger charge is 2.51. The first kappa shape index (κ1) is 26.2. The Morgan fingerprint density at radius 1 is 1.00 bits per heavy atom. The lowest BCUT2D eigenvalue weighted by atomic mass is 9.94. The molecular formula is C29H32N2O6S. The first-order valence-electron chi connectivity index (χ1n) is 12.7. The van der Waals surface area contributed by atoms with Crippen molar-refractivity contribution in [1.82, 2.24) is 4.31 Å². The number of sulfonamides is 1. The van der Waals surface area contributed by atoms with Crippen LogP contribution in [0, 0.1) is 0 Å². The molecule has 3 aromatic carbocycles. The van der Waals surface area contributed by atoms with E-state index in [-0.39, 0.29) is 23.5 Å². The molecule has 1 aliphatic heterocycles. The van der Waals surface area contributed by atoms with Crippen molar-refractivity contribution in [2.75, 3.05) is 32.7 Å². The van der Waals surface area contributed by atoms with Crippen LogP contribution < -0.4 is 14.8 Å². The standard InChI is InChI=1S/C29H32N2O6S/c1-36-26-13-10-22(18-27(26)37-2)29(14-15-29)28(33)30-23-6-3-5-21(17-23)20-8-11-25(12-9-20)38(34,35)31-16-4-7-24(31)19-32/h3,5-6,8-13,17-18,24,32H,4,7,14-16,19H2,1-2H3,(H,30,33)/t24-/m1/s1. The molecule has 38 heavy (non-hydrogen) atoms. The molecule has 1 saturated heterocycles. The lowest BCUT2D eigenvalue weighted by molar-refractivity contribution is -0.118. The Morgan fingerprint density at radius 3 is 2.39 bits per heavy atom. The summed E-state index contributed by atoms with van der Waals surface area (Å²) in [5, 5.41) is 12.6. The van der Waals surface area contributed by atoms with E-state index < -0.39 is 15.4 Å². The third kappa shape index (κ3) is 4.77. The molecule has 0 spiro atoms. The Bertz CT molecular complexity index is 1430. The zero-order chi connectivity index (χ0) is 26.9. The van der Waals surface area contributed by atoms with Crippen LogP contribution in [0.5, 0.6) is 11.5 Å². The molecule has 1 atom stereocenters. The van der Waals surface area contributed by atoms with E-state index in [9.17, 15) is 18.3 Å². The number of anilines is 1. The minimum Gasteiger partial charge on any atom is -0.493 e. The smallest absolute Gasteiger partial charge is 0.243 e. The highest BCUT2D eigenvalue weighted by Crippen LogP contribution is 2.50. The van der Waals surface area contributed by atoms with E-state index >= 15 is 0 Å². The first-order chi connectivity index (χ1) is 18.3. The molecule has 0 radical (unpaired) electrons. The predicted octanol–water partition coefficient (Wildman–Crippen LogP) is 4.19. The second-order valence-electron chi connectivity index (χ2n) is 9.81. The maximum absolute atomic E-state index is 13.4. The zero-order valence-corrected chi connectivity index (χ0v) is 22.3. The van der Waals surface area contributed by atoms with Crippen LogP contribution in [0.25, 0.3) is 11.1 Å². The van der Waals surface area contributed by atoms with Gasteiger partial charge in [0.05, 0.1) is 31.1 Å². The lowest BCUT2D eigenvalue weighted by Crippen LogP contribution is -2.37. The Hall–Kier alpha value is -3.40. The number of carbonyl (C=O) groups excluding carboxylic acids is 1. The number of nitrogens with zero attached hydrogens (tertiary/aromatic N) is 1. The van der Waals surface area contributed by atoms with E-state index in [0.717, 1.165) is 36.0 Å². The van der Waals surface area contributed by atoms with E-state index in [2.05, 4.69) is 5.32 Å². The number of ether oxygens (including phenoxy) is 2. The molecule has 2 fully saturated rings. The van der Waals surface area contributed by atoms with Crippen LogP contribution in [-0.2, 0) is 20.2 Å². The van der Waals surface area contributed by atoms with Crippen molar-refractivity contribution in [3.8, 4) is 22.6 Å². The normalized spacial score (nSPS) is 18.7. The molecule has 3 aromatic rings. The topological polar surface area (TPSA) is 105 Å². The van der Waals surface area contributed by atoms with Gasteiger partial charge in [-0.05, 0) is 78.8 Å². The summed E-state index contributed by atoms with van der Waals surface area (Å²) in [6, 6.07) is 19.5. The number of methoxy groups -OCH3 is 2. The van der Waals surface area contributed by atoms with Gasteiger partial charge >= 0.3 is 0 Å². The van der Waals surface area contributed by atoms with Gasteiger partial charge in [0, 0.05) is 18.3 Å². The fraction of sp³-hybridized carbons (Fsp3) is 0.345. The second-order valence-corrected chi connectivity index (χ2v) is 11.7. The van der Waals surface area contributed by atoms with Crippen molar-refractivity contribution in [1.29, 1.82) is 0 Å². The Kier molecular flexibility index (Phi) is 7.17. The molecule has 0 bridgehead atoms. The highest BCUT2D eigenvalue weighted by molar-refractivity contribution is 7.89. The summed E-state index contributed by atoms with van der Waals surface area (Å²) in [5.41, 5.74) is 2.65. The van der Waals surface area contributed by atoms with Crippen LogP contribution in [-0.4, -0.2) is 57.1 Å². The van der Waals surface area contributed by atoms with Gasteiger partial charge in [0.1, 0.15) is 0 Å². The van der Waals surface area contributed by atoms with E-state index in [1.165, 1.54) is 4.31 Å². The quantitative estimate of drug-likeness (QED) is 0.425. The summed E-state index contributed by atoms with van der Waals surface area (Å²) >= 11 is 0. The van der Waals surface area contributed by atoms with Gasteiger partial charge in [0.25, 0.3) is 0 Å². The molecule has 0 unspecified atom stereocenters. The molecule has 2 aliphatic rings. The predicted molar refractivity (Wildman–Crippen MR) is 145 cm³/mol. The van der Waals surface area contributed by atoms with Gasteiger partial charge in [-0.25, -0.2) is 8.42 Å². The van der Waals surface area contributed by atoms with Crippen LogP contribution in [0.2, 0.25) is 0 Å². The molecule has 5 rings (SSSR count). The highest BCUT2D eigenvalue weighted by atomic mass is 32.2. The number of carbonyl (C=O) groups is 1. The summed E-state index contributed by atoms with van der Waals surface area (Å²) in [6.45, 7) is 0.241. The zero-order valence-electron chi connectivity index (χ0n) is 21.5. The number of benzene rings is 3. The average Bonchev–Trinajstić information content (AvgIpc) is 3.62. The number of aliphatic hydroxyl groups excluding tert-OH is 1. The molecule has 8 nitrogen and oxygen atoms in total. The Balaban J connectivity index is 1.33. The van der Waals surface area contributed by atoms with Gasteiger partial charge in [-0.15, -0.1) is 0 Å². The molecule has 1 saturated carbocycles. The molecular weight excluding hydrogens is 504 g/mol. The van der Waals surface area contributed by atoms with Gasteiger partial charge < -0.3 is 19.9 Å². The van der Waals surface area contributed by atoms with Crippen molar-refractivity contribution >= 4 is 21.6 Å². The van der Waals surface area contributed by atoms with Gasteiger partial charge in [-0.1, -0.05) is 30.3 Å². The largest absolute Gasteiger partial charge is 0.493 e. The Morgan fingerprint density at radius 2 is 1.74 bits per heavy atom. The molecule has 200 valence electrons. The van der Waals surface area contributed by atoms with Crippen molar-refractivity contribution in [2.24, 2.45) is 0 Å². The van der Waals surface area contributed by atoms with Gasteiger partial charge in [0.15, 0.2) is 11.5 Å². The van der Waals surface area contributed by atoms with E-state index in [4.69, 9.17) is 9.47 Å². The van der Waals surface area contributed by atoms with Crippen molar-refractivity contribution in [2.45, 2.75) is 42.0 Å². The van der Waals surface area contributed by atoms with Gasteiger partial charge in [-0.2, -0.15) is 4.31 Å². The van der Waals surface area contributed by atoms with Gasteiger partial charge in [-0.3, -0.25) is 4.79 Å². The maximum atomic E-state index is 13.4. The number of aliphatic hydroxyl groups is 1. The van der Waals surface area contributed by atoms with Crippen LogP contribution in [0.1, 0.15) is 31.2 Å². The number of hydrogen-bond acceptors (Lipinski definition) is 6. The number of rotatable bonds is 9. The summed E-state index contributed by atoms with van der Waals surface area (Å²) in [7, 11) is -0.512. The summed E-state index contributed by atoms with van der Waals surface area (Å²) in [4.78, 5) is 13.6. The summed E-state index contributed by atoms with van der Waals surface area (Å²) < 4.78 is 38.3. The summed E-state index contributed by atoms with van der Waals surface area (Å²) in [5.74, 6) is 1.13. The van der Waals surface area contributed by atoms with Crippen LogP contribution >= 0.6 is 0 Å². The number of nitrogens with one attached hydrogen (secondary N) is 1. The number of amides is 1. The fourth-order valence-corrected chi connectivity index (χ4v) is 6.88. The van der Waals surface area contributed by atoms with E-state index in [1.807, 2.05) is 42.5 Å². The van der Waals surface area contributed by atoms with Crippen molar-refractivity contribution < 1.29 is 27.8 Å². The third-order valence-electron chi connectivity index (χ3n) is 7.57. The van der Waals surface area contributed by atoms with Crippen molar-refractivity contribution in [3.63, 3.8) is 0 Å². The average molecular weight is 537 g/mol. The molecule has 1 amide bonds. The minimum absolute atomic E-state index is 0.0765. The van der Waals surface area contributed by atoms with Crippen LogP contribution in [0.4, 0.5) is 5.69 Å². The Labute approximate surface area is 223 Å². The molecule has 2 N–H and O–H groups in total. The lowest BCUT2D eigenvalue weighted by Gasteiger charge is -2.22. The summed E-state index contributed by atoms with van der Waals surface area (Å²) in [6.07, 6.45) is 2.91. The van der Waals surface area contributed by atoms with Gasteiger partial charge in [0.2, 0.25) is 15.9 Å². The monoisotopic (exact) mass is 536 g/mol. The third-order valence-corrected chi connectivity index (χ3v) is 9.54. The van der Waals surface area contributed by atoms with E-state index in [0.29, 0.717) is 30.2 Å².